The Morgan fingerprint density at radius 2 is 1.57 bits per heavy atom. The lowest BCUT2D eigenvalue weighted by Crippen LogP contribution is -2.09. The number of fused-ring (bicyclic) bond motifs is 4. The Bertz CT molecular complexity index is 1200. The van der Waals surface area contributed by atoms with Crippen molar-refractivity contribution in [2.75, 3.05) is 0 Å². The number of carbonyl (C=O) groups excluding carboxylic acids is 1. The van der Waals surface area contributed by atoms with Crippen LogP contribution in [0.25, 0.3) is 32.7 Å². The maximum Gasteiger partial charge on any atom is 0.167 e. The summed E-state index contributed by atoms with van der Waals surface area (Å²) in [5.41, 5.74) is 4.46. The van der Waals surface area contributed by atoms with Gasteiger partial charge in [-0.25, -0.2) is 0 Å². The van der Waals surface area contributed by atoms with Crippen molar-refractivity contribution in [3.05, 3.63) is 83.9 Å². The summed E-state index contributed by atoms with van der Waals surface area (Å²) in [6.45, 7) is 2.19. The van der Waals surface area contributed by atoms with Crippen LogP contribution in [0.15, 0.2) is 72.8 Å². The maximum absolute atomic E-state index is 13.3. The number of unbranched alkanes of at least 4 members (excludes halogenated alkanes) is 1. The molecule has 1 nitrogen and oxygen atoms in total. The molecule has 0 saturated carbocycles. The van der Waals surface area contributed by atoms with Crippen molar-refractivity contribution < 1.29 is 4.79 Å². The minimum atomic E-state index is 0.155. The van der Waals surface area contributed by atoms with E-state index in [1.807, 2.05) is 0 Å². The fourth-order valence-corrected chi connectivity index (χ4v) is 4.82. The zero-order valence-corrected chi connectivity index (χ0v) is 16.2. The van der Waals surface area contributed by atoms with Gasteiger partial charge in [0.25, 0.3) is 0 Å². The number of carbonyl (C=O) groups is 1. The Morgan fingerprint density at radius 1 is 0.821 bits per heavy atom. The van der Waals surface area contributed by atoms with Crippen LogP contribution in [0, 0.1) is 5.92 Å². The summed E-state index contributed by atoms with van der Waals surface area (Å²) in [4.78, 5) is 13.3. The monoisotopic (exact) mass is 364 g/mol. The third kappa shape index (κ3) is 2.65. The second-order valence-electron chi connectivity index (χ2n) is 7.94. The molecule has 1 unspecified atom stereocenters. The highest BCUT2D eigenvalue weighted by molar-refractivity contribution is 6.17. The molecule has 0 bridgehead atoms. The molecule has 0 heterocycles. The Balaban J connectivity index is 1.75. The van der Waals surface area contributed by atoms with E-state index in [0.717, 1.165) is 36.8 Å². The summed E-state index contributed by atoms with van der Waals surface area (Å²) in [7, 11) is 0. The Labute approximate surface area is 166 Å². The minimum absolute atomic E-state index is 0.155. The maximum atomic E-state index is 13.3. The Hall–Kier alpha value is -2.93. The molecule has 0 N–H and O–H groups in total. The van der Waals surface area contributed by atoms with E-state index in [0.29, 0.717) is 5.78 Å². The molecule has 4 aromatic carbocycles. The lowest BCUT2D eigenvalue weighted by Gasteiger charge is -2.13. The van der Waals surface area contributed by atoms with E-state index in [9.17, 15) is 4.79 Å². The molecular formula is C27H24O. The molecule has 1 aliphatic carbocycles. The van der Waals surface area contributed by atoms with Crippen molar-refractivity contribution in [3.63, 3.8) is 0 Å². The van der Waals surface area contributed by atoms with Crippen molar-refractivity contribution >= 4 is 27.3 Å². The van der Waals surface area contributed by atoms with Gasteiger partial charge in [0.2, 0.25) is 0 Å². The largest absolute Gasteiger partial charge is 0.294 e. The average Bonchev–Trinajstić information content (AvgIpc) is 3.07. The number of Topliss-reactive ketones (excluding diaryl/α,β-unsaturated/α-hetero) is 1. The Morgan fingerprint density at radius 3 is 2.46 bits per heavy atom. The lowest BCUT2D eigenvalue weighted by atomic mass is 9.89. The highest BCUT2D eigenvalue weighted by Gasteiger charge is 2.32. The van der Waals surface area contributed by atoms with Crippen molar-refractivity contribution in [3.8, 4) is 11.1 Å². The van der Waals surface area contributed by atoms with Crippen LogP contribution in [0.1, 0.15) is 42.1 Å². The molecular weight excluding hydrogens is 340 g/mol. The van der Waals surface area contributed by atoms with Gasteiger partial charge in [0.15, 0.2) is 5.78 Å². The molecule has 0 fully saturated rings. The van der Waals surface area contributed by atoms with Gasteiger partial charge in [-0.15, -0.1) is 0 Å². The van der Waals surface area contributed by atoms with Crippen LogP contribution in [-0.4, -0.2) is 5.78 Å². The zero-order chi connectivity index (χ0) is 19.1. The van der Waals surface area contributed by atoms with Crippen LogP contribution in [0.5, 0.6) is 0 Å². The van der Waals surface area contributed by atoms with Gasteiger partial charge in [-0.05, 0) is 51.1 Å². The fraction of sp³-hybridized carbons (Fsp3) is 0.222. The topological polar surface area (TPSA) is 17.1 Å². The third-order valence-corrected chi connectivity index (χ3v) is 6.20. The number of hydrogen-bond acceptors (Lipinski definition) is 1. The van der Waals surface area contributed by atoms with E-state index in [1.54, 1.807) is 0 Å². The average molecular weight is 364 g/mol. The van der Waals surface area contributed by atoms with Crippen molar-refractivity contribution in [1.82, 2.24) is 0 Å². The summed E-state index contributed by atoms with van der Waals surface area (Å²) < 4.78 is 0. The molecule has 0 aliphatic heterocycles. The molecule has 0 spiro atoms. The van der Waals surface area contributed by atoms with Gasteiger partial charge in [0.1, 0.15) is 0 Å². The number of ketones is 1. The highest BCUT2D eigenvalue weighted by atomic mass is 16.1. The van der Waals surface area contributed by atoms with Gasteiger partial charge in [0.05, 0.1) is 0 Å². The van der Waals surface area contributed by atoms with E-state index < -0.39 is 0 Å². The van der Waals surface area contributed by atoms with E-state index in [-0.39, 0.29) is 5.92 Å². The van der Waals surface area contributed by atoms with Crippen LogP contribution in [0.4, 0.5) is 0 Å². The van der Waals surface area contributed by atoms with Crippen LogP contribution in [0.2, 0.25) is 0 Å². The highest BCUT2D eigenvalue weighted by Crippen LogP contribution is 2.41. The first-order valence-corrected chi connectivity index (χ1v) is 10.3. The van der Waals surface area contributed by atoms with Gasteiger partial charge >= 0.3 is 0 Å². The van der Waals surface area contributed by atoms with Gasteiger partial charge in [-0.3, -0.25) is 4.79 Å². The predicted molar refractivity (Wildman–Crippen MR) is 118 cm³/mol. The van der Waals surface area contributed by atoms with E-state index >= 15 is 0 Å². The molecule has 0 saturated heterocycles. The number of rotatable bonds is 4. The van der Waals surface area contributed by atoms with E-state index in [4.69, 9.17) is 0 Å². The molecule has 4 aromatic rings. The van der Waals surface area contributed by atoms with E-state index in [1.165, 1.54) is 32.7 Å². The summed E-state index contributed by atoms with van der Waals surface area (Å²) in [6.07, 6.45) is 4.16. The van der Waals surface area contributed by atoms with Gasteiger partial charge in [-0.1, -0.05) is 92.6 Å². The van der Waals surface area contributed by atoms with Gasteiger partial charge < -0.3 is 0 Å². The first kappa shape index (κ1) is 17.2. The molecule has 1 aliphatic rings. The second-order valence-corrected chi connectivity index (χ2v) is 7.94. The molecule has 5 rings (SSSR count). The molecule has 1 heteroatoms. The van der Waals surface area contributed by atoms with Crippen LogP contribution < -0.4 is 0 Å². The normalized spacial score (nSPS) is 16.0. The molecule has 0 radical (unpaired) electrons. The standard InChI is InChI=1S/C27H24O/c1-2-3-8-21-17-20-11-7-14-24(26(20)27(21)28)23-13-6-10-19-16-15-18-9-4-5-12-22(18)25(19)23/h4-7,9-16,21H,2-3,8,17H2,1H3. The molecule has 1 atom stereocenters. The van der Waals surface area contributed by atoms with Crippen molar-refractivity contribution in [2.45, 2.75) is 32.6 Å². The van der Waals surface area contributed by atoms with Crippen LogP contribution >= 0.6 is 0 Å². The Kier molecular flexibility index (Phi) is 4.24. The van der Waals surface area contributed by atoms with Crippen molar-refractivity contribution in [1.29, 1.82) is 0 Å². The molecule has 0 aromatic heterocycles. The third-order valence-electron chi connectivity index (χ3n) is 6.20. The lowest BCUT2D eigenvalue weighted by molar-refractivity contribution is 0.0930. The number of benzene rings is 4. The van der Waals surface area contributed by atoms with Crippen LogP contribution in [-0.2, 0) is 6.42 Å². The van der Waals surface area contributed by atoms with Gasteiger partial charge in [-0.2, -0.15) is 0 Å². The van der Waals surface area contributed by atoms with E-state index in [2.05, 4.69) is 79.7 Å². The van der Waals surface area contributed by atoms with Gasteiger partial charge in [0, 0.05) is 11.5 Å². The first-order chi connectivity index (χ1) is 13.8. The summed E-state index contributed by atoms with van der Waals surface area (Å²) in [6, 6.07) is 25.8. The predicted octanol–water partition coefficient (Wildman–Crippen LogP) is 7.21. The number of hydrogen-bond donors (Lipinski definition) is 0. The molecule has 28 heavy (non-hydrogen) atoms. The summed E-state index contributed by atoms with van der Waals surface area (Å²) in [5.74, 6) is 0.499. The second kappa shape index (κ2) is 6.91. The van der Waals surface area contributed by atoms with Crippen LogP contribution in [0.3, 0.4) is 0 Å². The SMILES string of the molecule is CCCCC1Cc2cccc(-c3cccc4ccc5ccccc5c34)c2C1=O. The summed E-state index contributed by atoms with van der Waals surface area (Å²) in [5, 5.41) is 4.96. The van der Waals surface area contributed by atoms with Crippen molar-refractivity contribution in [2.24, 2.45) is 5.92 Å². The zero-order valence-electron chi connectivity index (χ0n) is 16.2. The smallest absolute Gasteiger partial charge is 0.167 e. The molecule has 138 valence electrons. The first-order valence-electron chi connectivity index (χ1n) is 10.3. The summed E-state index contributed by atoms with van der Waals surface area (Å²) >= 11 is 0. The fourth-order valence-electron chi connectivity index (χ4n) is 4.82. The molecule has 0 amide bonds. The minimum Gasteiger partial charge on any atom is -0.294 e. The quantitative estimate of drug-likeness (QED) is 0.350.